The standard InChI is InChI=1S/C28H31ClN2O4/c1-4-16-30-28(33)27(22-8-6-5-7-9-22)31(19-20-10-13-23(29)14-11-20)26(32)18-21-12-15-24(34-2)25(17-21)35-3/h5-15,17,27H,4,16,18-19H2,1-3H3,(H,30,33). The molecule has 1 N–H and O–H groups in total. The molecule has 0 heterocycles. The Hall–Kier alpha value is -3.51. The van der Waals surface area contributed by atoms with Crippen LogP contribution in [0.25, 0.3) is 0 Å². The number of rotatable bonds is 11. The zero-order valence-electron chi connectivity index (χ0n) is 20.3. The number of nitrogens with zero attached hydrogens (tertiary/aromatic N) is 1. The fraction of sp³-hybridized carbons (Fsp3) is 0.286. The molecule has 1 atom stereocenters. The summed E-state index contributed by atoms with van der Waals surface area (Å²) < 4.78 is 10.7. The molecule has 0 aliphatic carbocycles. The number of methoxy groups -OCH3 is 2. The number of hydrogen-bond acceptors (Lipinski definition) is 4. The fourth-order valence-corrected chi connectivity index (χ4v) is 3.96. The van der Waals surface area contributed by atoms with Crippen LogP contribution >= 0.6 is 11.6 Å². The second kappa shape index (κ2) is 12.8. The average molecular weight is 495 g/mol. The first-order chi connectivity index (χ1) is 17.0. The molecule has 0 aliphatic rings. The topological polar surface area (TPSA) is 67.9 Å². The van der Waals surface area contributed by atoms with Crippen molar-refractivity contribution in [3.63, 3.8) is 0 Å². The molecule has 0 saturated heterocycles. The Morgan fingerprint density at radius 3 is 2.20 bits per heavy atom. The number of amides is 2. The molecule has 0 bridgehead atoms. The summed E-state index contributed by atoms with van der Waals surface area (Å²) in [5, 5.41) is 3.58. The fourth-order valence-electron chi connectivity index (χ4n) is 3.83. The molecule has 0 radical (unpaired) electrons. The van der Waals surface area contributed by atoms with Gasteiger partial charge in [-0.2, -0.15) is 0 Å². The summed E-state index contributed by atoms with van der Waals surface area (Å²) in [7, 11) is 3.12. The molecular weight excluding hydrogens is 464 g/mol. The van der Waals surface area contributed by atoms with Crippen LogP contribution in [0.3, 0.4) is 0 Å². The number of halogens is 1. The lowest BCUT2D eigenvalue weighted by atomic mass is 10.0. The van der Waals surface area contributed by atoms with Crippen molar-refractivity contribution in [1.29, 1.82) is 0 Å². The van der Waals surface area contributed by atoms with Crippen molar-refractivity contribution in [3.8, 4) is 11.5 Å². The third-order valence-electron chi connectivity index (χ3n) is 5.61. The molecule has 35 heavy (non-hydrogen) atoms. The highest BCUT2D eigenvalue weighted by Crippen LogP contribution is 2.29. The predicted molar refractivity (Wildman–Crippen MR) is 138 cm³/mol. The van der Waals surface area contributed by atoms with Gasteiger partial charge in [0.25, 0.3) is 0 Å². The van der Waals surface area contributed by atoms with Crippen molar-refractivity contribution in [2.45, 2.75) is 32.4 Å². The van der Waals surface area contributed by atoms with Crippen molar-refractivity contribution in [2.75, 3.05) is 20.8 Å². The quantitative estimate of drug-likeness (QED) is 0.398. The zero-order chi connectivity index (χ0) is 25.2. The maximum absolute atomic E-state index is 13.8. The second-order valence-electron chi connectivity index (χ2n) is 8.12. The first-order valence-electron chi connectivity index (χ1n) is 11.5. The van der Waals surface area contributed by atoms with E-state index in [1.807, 2.05) is 55.5 Å². The van der Waals surface area contributed by atoms with Crippen molar-refractivity contribution < 1.29 is 19.1 Å². The van der Waals surface area contributed by atoms with E-state index in [2.05, 4.69) is 5.32 Å². The summed E-state index contributed by atoms with van der Waals surface area (Å²) in [4.78, 5) is 28.8. The zero-order valence-corrected chi connectivity index (χ0v) is 21.0. The summed E-state index contributed by atoms with van der Waals surface area (Å²) >= 11 is 6.07. The van der Waals surface area contributed by atoms with E-state index in [9.17, 15) is 9.59 Å². The third kappa shape index (κ3) is 6.99. The third-order valence-corrected chi connectivity index (χ3v) is 5.87. The van der Waals surface area contributed by atoms with E-state index in [1.54, 1.807) is 43.4 Å². The van der Waals surface area contributed by atoms with Crippen LogP contribution in [0, 0.1) is 0 Å². The highest BCUT2D eigenvalue weighted by molar-refractivity contribution is 6.30. The molecule has 7 heteroatoms. The minimum atomic E-state index is -0.786. The Labute approximate surface area is 211 Å². The number of nitrogens with one attached hydrogen (secondary N) is 1. The minimum Gasteiger partial charge on any atom is -0.493 e. The molecule has 184 valence electrons. The number of hydrogen-bond donors (Lipinski definition) is 1. The summed E-state index contributed by atoms with van der Waals surface area (Å²) in [6.45, 7) is 2.77. The molecule has 6 nitrogen and oxygen atoms in total. The smallest absolute Gasteiger partial charge is 0.247 e. The van der Waals surface area contributed by atoms with Gasteiger partial charge in [0, 0.05) is 18.1 Å². The molecule has 3 aromatic carbocycles. The van der Waals surface area contributed by atoms with Crippen LogP contribution in [0.4, 0.5) is 0 Å². The Morgan fingerprint density at radius 1 is 0.914 bits per heavy atom. The van der Waals surface area contributed by atoms with E-state index in [0.29, 0.717) is 23.1 Å². The normalized spacial score (nSPS) is 11.4. The molecular formula is C28H31ClN2O4. The average Bonchev–Trinajstić information content (AvgIpc) is 2.88. The molecule has 3 aromatic rings. The van der Waals surface area contributed by atoms with Gasteiger partial charge in [-0.25, -0.2) is 0 Å². The van der Waals surface area contributed by atoms with E-state index >= 15 is 0 Å². The van der Waals surface area contributed by atoms with Crippen molar-refractivity contribution in [2.24, 2.45) is 0 Å². The molecule has 0 spiro atoms. The van der Waals surface area contributed by atoms with E-state index in [-0.39, 0.29) is 24.8 Å². The van der Waals surface area contributed by atoms with E-state index in [4.69, 9.17) is 21.1 Å². The van der Waals surface area contributed by atoms with Crippen LogP contribution < -0.4 is 14.8 Å². The predicted octanol–water partition coefficient (Wildman–Crippen LogP) is 5.20. The van der Waals surface area contributed by atoms with Gasteiger partial charge in [0.1, 0.15) is 6.04 Å². The summed E-state index contributed by atoms with van der Waals surface area (Å²) in [6, 6.07) is 21.3. The SMILES string of the molecule is CCCNC(=O)C(c1ccccc1)N(Cc1ccc(Cl)cc1)C(=O)Cc1ccc(OC)c(OC)c1. The largest absolute Gasteiger partial charge is 0.493 e. The van der Waals surface area contributed by atoms with Gasteiger partial charge in [0.15, 0.2) is 11.5 Å². The van der Waals surface area contributed by atoms with Crippen LogP contribution in [0.1, 0.15) is 36.1 Å². The maximum atomic E-state index is 13.8. The molecule has 2 amide bonds. The van der Waals surface area contributed by atoms with Gasteiger partial charge in [0.05, 0.1) is 20.6 Å². The van der Waals surface area contributed by atoms with Gasteiger partial charge >= 0.3 is 0 Å². The van der Waals surface area contributed by atoms with Gasteiger partial charge in [-0.15, -0.1) is 0 Å². The molecule has 0 aliphatic heterocycles. The lowest BCUT2D eigenvalue weighted by Crippen LogP contribution is -2.44. The second-order valence-corrected chi connectivity index (χ2v) is 8.55. The van der Waals surface area contributed by atoms with Gasteiger partial charge in [0.2, 0.25) is 11.8 Å². The number of carbonyl (C=O) groups excluding carboxylic acids is 2. The van der Waals surface area contributed by atoms with Gasteiger partial charge in [-0.1, -0.05) is 67.1 Å². The Balaban J connectivity index is 1.99. The highest BCUT2D eigenvalue weighted by atomic mass is 35.5. The van der Waals surface area contributed by atoms with Crippen LogP contribution in [-0.4, -0.2) is 37.5 Å². The van der Waals surface area contributed by atoms with Gasteiger partial charge in [-0.3, -0.25) is 9.59 Å². The molecule has 0 saturated carbocycles. The molecule has 0 aromatic heterocycles. The summed E-state index contributed by atoms with van der Waals surface area (Å²) in [6.07, 6.45) is 0.891. The first kappa shape index (κ1) is 26.1. The van der Waals surface area contributed by atoms with Crippen LogP contribution in [0.5, 0.6) is 11.5 Å². The maximum Gasteiger partial charge on any atom is 0.247 e. The van der Waals surface area contributed by atoms with Crippen molar-refractivity contribution >= 4 is 23.4 Å². The Morgan fingerprint density at radius 2 is 1.57 bits per heavy atom. The van der Waals surface area contributed by atoms with Crippen LogP contribution in [-0.2, 0) is 22.6 Å². The first-order valence-corrected chi connectivity index (χ1v) is 11.9. The summed E-state index contributed by atoms with van der Waals surface area (Å²) in [5.41, 5.74) is 2.38. The van der Waals surface area contributed by atoms with Gasteiger partial charge in [-0.05, 0) is 47.4 Å². The van der Waals surface area contributed by atoms with E-state index in [0.717, 1.165) is 23.1 Å². The lowest BCUT2D eigenvalue weighted by molar-refractivity contribution is -0.141. The van der Waals surface area contributed by atoms with Gasteiger partial charge < -0.3 is 19.7 Å². The number of benzene rings is 3. The molecule has 0 fully saturated rings. The Bertz CT molecular complexity index is 1120. The number of ether oxygens (including phenoxy) is 2. The van der Waals surface area contributed by atoms with Crippen LogP contribution in [0.2, 0.25) is 5.02 Å². The molecule has 3 rings (SSSR count). The van der Waals surface area contributed by atoms with Crippen LogP contribution in [0.15, 0.2) is 72.8 Å². The van der Waals surface area contributed by atoms with Crippen molar-refractivity contribution in [3.05, 3.63) is 94.5 Å². The highest BCUT2D eigenvalue weighted by Gasteiger charge is 2.31. The van der Waals surface area contributed by atoms with E-state index < -0.39 is 6.04 Å². The monoisotopic (exact) mass is 494 g/mol. The summed E-state index contributed by atoms with van der Waals surface area (Å²) in [5.74, 6) is 0.727. The van der Waals surface area contributed by atoms with E-state index in [1.165, 1.54) is 0 Å². The number of carbonyl (C=O) groups is 2. The minimum absolute atomic E-state index is 0.0956. The Kier molecular flexibility index (Phi) is 9.56. The molecule has 1 unspecified atom stereocenters. The lowest BCUT2D eigenvalue weighted by Gasteiger charge is -2.32. The van der Waals surface area contributed by atoms with Crippen molar-refractivity contribution in [1.82, 2.24) is 10.2 Å².